The van der Waals surface area contributed by atoms with Crippen molar-refractivity contribution in [2.24, 2.45) is 5.92 Å². The topological polar surface area (TPSA) is 0 Å². The molecule has 0 saturated carbocycles. The summed E-state index contributed by atoms with van der Waals surface area (Å²) in [6.07, 6.45) is 4.32. The van der Waals surface area contributed by atoms with Gasteiger partial charge in [0.1, 0.15) is 0 Å². The Morgan fingerprint density at radius 2 is 1.67 bits per heavy atom. The minimum Gasteiger partial charge on any atom is -0.0961 e. The molecule has 0 heteroatoms. The Morgan fingerprint density at radius 1 is 1.17 bits per heavy atom. The third-order valence-corrected chi connectivity index (χ3v) is 2.30. The first-order valence-electron chi connectivity index (χ1n) is 4.45. The highest BCUT2D eigenvalue weighted by atomic mass is 14.1. The molecule has 0 nitrogen and oxygen atoms in total. The van der Waals surface area contributed by atoms with Gasteiger partial charge in [-0.3, -0.25) is 0 Å². The molecule has 0 amide bonds. The normalized spacial score (nSPS) is 16.1. The molecule has 0 spiro atoms. The van der Waals surface area contributed by atoms with E-state index in [4.69, 9.17) is 0 Å². The van der Waals surface area contributed by atoms with Crippen LogP contribution < -0.4 is 0 Å². The molecular weight excluding hydrogens is 144 g/mol. The van der Waals surface area contributed by atoms with Crippen LogP contribution in [-0.2, 0) is 0 Å². The quantitative estimate of drug-likeness (QED) is 0.435. The van der Waals surface area contributed by atoms with Crippen molar-refractivity contribution in [1.82, 2.24) is 0 Å². The van der Waals surface area contributed by atoms with E-state index in [1.807, 2.05) is 6.92 Å². The predicted octanol–water partition coefficient (Wildman–Crippen LogP) is 4.11. The Hall–Kier alpha value is -0.780. The lowest BCUT2D eigenvalue weighted by Crippen LogP contribution is -1.97. The van der Waals surface area contributed by atoms with Crippen LogP contribution in [0, 0.1) is 5.92 Å². The highest BCUT2D eigenvalue weighted by molar-refractivity contribution is 5.24. The van der Waals surface area contributed by atoms with Gasteiger partial charge in [-0.2, -0.15) is 0 Å². The summed E-state index contributed by atoms with van der Waals surface area (Å²) < 4.78 is 0. The van der Waals surface area contributed by atoms with Gasteiger partial charge in [-0.15, -0.1) is 0 Å². The van der Waals surface area contributed by atoms with Crippen molar-refractivity contribution in [1.29, 1.82) is 0 Å². The van der Waals surface area contributed by atoms with Gasteiger partial charge in [0.25, 0.3) is 0 Å². The van der Waals surface area contributed by atoms with E-state index in [0.29, 0.717) is 5.92 Å². The van der Waals surface area contributed by atoms with Crippen molar-refractivity contribution in [2.45, 2.75) is 34.6 Å². The highest BCUT2D eigenvalue weighted by Crippen LogP contribution is 2.19. The lowest BCUT2D eigenvalue weighted by Gasteiger charge is -2.12. The summed E-state index contributed by atoms with van der Waals surface area (Å²) in [5.74, 6) is 0.548. The van der Waals surface area contributed by atoms with Crippen molar-refractivity contribution >= 4 is 0 Å². The molecule has 0 aliphatic heterocycles. The van der Waals surface area contributed by atoms with E-state index in [0.717, 1.165) is 5.57 Å². The molecule has 1 unspecified atom stereocenters. The Balaban J connectivity index is 4.49. The number of rotatable bonds is 3. The van der Waals surface area contributed by atoms with Crippen molar-refractivity contribution in [3.05, 3.63) is 35.5 Å². The molecule has 0 bridgehead atoms. The summed E-state index contributed by atoms with van der Waals surface area (Å²) in [7, 11) is 0. The Morgan fingerprint density at radius 3 is 2.00 bits per heavy atom. The number of hydrogen-bond acceptors (Lipinski definition) is 0. The van der Waals surface area contributed by atoms with Crippen LogP contribution in [0.1, 0.15) is 34.6 Å². The summed E-state index contributed by atoms with van der Waals surface area (Å²) in [4.78, 5) is 0. The molecule has 0 aromatic rings. The van der Waals surface area contributed by atoms with E-state index in [1.165, 1.54) is 11.1 Å². The zero-order chi connectivity index (χ0) is 9.72. The molecule has 12 heavy (non-hydrogen) atoms. The molecule has 0 saturated heterocycles. The largest absolute Gasteiger partial charge is 0.0961 e. The molecular formula is C12H20. The summed E-state index contributed by atoms with van der Waals surface area (Å²) in [6, 6.07) is 0. The number of hydrogen-bond donors (Lipinski definition) is 0. The molecule has 0 radical (unpaired) electrons. The van der Waals surface area contributed by atoms with Gasteiger partial charge in [-0.05, 0) is 33.6 Å². The summed E-state index contributed by atoms with van der Waals surface area (Å²) in [5, 5.41) is 0. The lowest BCUT2D eigenvalue weighted by molar-refractivity contribution is 0.796. The monoisotopic (exact) mass is 164 g/mol. The van der Waals surface area contributed by atoms with Gasteiger partial charge in [0, 0.05) is 0 Å². The summed E-state index contributed by atoms with van der Waals surface area (Å²) >= 11 is 0. The average Bonchev–Trinajstić information content (AvgIpc) is 2.00. The van der Waals surface area contributed by atoms with Crippen LogP contribution in [0.3, 0.4) is 0 Å². The van der Waals surface area contributed by atoms with Crippen molar-refractivity contribution < 1.29 is 0 Å². The molecule has 68 valence electrons. The summed E-state index contributed by atoms with van der Waals surface area (Å²) in [5.41, 5.74) is 3.94. The molecule has 0 aliphatic rings. The molecule has 0 aromatic heterocycles. The molecule has 0 aliphatic carbocycles. The van der Waals surface area contributed by atoms with E-state index < -0.39 is 0 Å². The van der Waals surface area contributed by atoms with E-state index >= 15 is 0 Å². The van der Waals surface area contributed by atoms with Crippen LogP contribution in [0.5, 0.6) is 0 Å². The summed E-state index contributed by atoms with van der Waals surface area (Å²) in [6.45, 7) is 14.5. The van der Waals surface area contributed by atoms with E-state index in [2.05, 4.69) is 46.4 Å². The third kappa shape index (κ3) is 3.56. The van der Waals surface area contributed by atoms with Crippen molar-refractivity contribution in [3.63, 3.8) is 0 Å². The molecule has 0 heterocycles. The molecule has 0 aromatic carbocycles. The maximum absolute atomic E-state index is 3.87. The second-order valence-electron chi connectivity index (χ2n) is 3.49. The van der Waals surface area contributed by atoms with Gasteiger partial charge in [-0.1, -0.05) is 42.4 Å². The molecule has 0 fully saturated rings. The Kier molecular flexibility index (Phi) is 4.65. The van der Waals surface area contributed by atoms with Gasteiger partial charge in [-0.25, -0.2) is 0 Å². The average molecular weight is 164 g/mol. The van der Waals surface area contributed by atoms with Gasteiger partial charge in [0.15, 0.2) is 0 Å². The van der Waals surface area contributed by atoms with Crippen LogP contribution in [0.4, 0.5) is 0 Å². The Labute approximate surface area is 76.7 Å². The highest BCUT2D eigenvalue weighted by Gasteiger charge is 2.04. The fraction of sp³-hybridized carbons (Fsp3) is 0.500. The van der Waals surface area contributed by atoms with Crippen molar-refractivity contribution in [2.75, 3.05) is 0 Å². The van der Waals surface area contributed by atoms with Crippen LogP contribution in [0.15, 0.2) is 35.5 Å². The van der Waals surface area contributed by atoms with Gasteiger partial charge in [0.05, 0.1) is 0 Å². The smallest absolute Gasteiger partial charge is 0.00239 e. The zero-order valence-electron chi connectivity index (χ0n) is 8.94. The first kappa shape index (κ1) is 11.2. The third-order valence-electron chi connectivity index (χ3n) is 2.30. The lowest BCUT2D eigenvalue weighted by atomic mass is 9.93. The second kappa shape index (κ2) is 4.97. The molecule has 0 N–H and O–H groups in total. The van der Waals surface area contributed by atoms with E-state index in [1.54, 1.807) is 0 Å². The van der Waals surface area contributed by atoms with Gasteiger partial charge < -0.3 is 0 Å². The first-order valence-corrected chi connectivity index (χ1v) is 4.45. The Bertz CT molecular complexity index is 216. The fourth-order valence-corrected chi connectivity index (χ4v) is 1.12. The van der Waals surface area contributed by atoms with E-state index in [-0.39, 0.29) is 0 Å². The van der Waals surface area contributed by atoms with Crippen LogP contribution >= 0.6 is 0 Å². The maximum atomic E-state index is 3.87. The minimum atomic E-state index is 0.548. The van der Waals surface area contributed by atoms with Crippen LogP contribution in [0.2, 0.25) is 0 Å². The fourth-order valence-electron chi connectivity index (χ4n) is 1.12. The van der Waals surface area contributed by atoms with Gasteiger partial charge in [0.2, 0.25) is 0 Å². The van der Waals surface area contributed by atoms with E-state index in [9.17, 15) is 0 Å². The van der Waals surface area contributed by atoms with Crippen LogP contribution in [-0.4, -0.2) is 0 Å². The second-order valence-corrected chi connectivity index (χ2v) is 3.49. The zero-order valence-corrected chi connectivity index (χ0v) is 8.94. The number of allylic oxidation sites excluding steroid dienone is 5. The SMILES string of the molecule is C=C(C)C=C(C)C(C)C(C)=CC. The first-order chi connectivity index (χ1) is 5.49. The minimum absolute atomic E-state index is 0.548. The maximum Gasteiger partial charge on any atom is -0.00239 e. The standard InChI is InChI=1S/C12H20/c1-7-10(4)12(6)11(5)8-9(2)3/h7-8,12H,2H2,1,3-6H3. The molecule has 0 rings (SSSR count). The van der Waals surface area contributed by atoms with Crippen molar-refractivity contribution in [3.8, 4) is 0 Å². The predicted molar refractivity (Wildman–Crippen MR) is 57.2 cm³/mol. The van der Waals surface area contributed by atoms with Gasteiger partial charge >= 0.3 is 0 Å². The van der Waals surface area contributed by atoms with Crippen LogP contribution in [0.25, 0.3) is 0 Å². The molecule has 1 atom stereocenters.